The summed E-state index contributed by atoms with van der Waals surface area (Å²) in [5.41, 5.74) is -0.145. The van der Waals surface area contributed by atoms with Crippen LogP contribution >= 0.6 is 0 Å². The highest BCUT2D eigenvalue weighted by Gasteiger charge is 2.28. The van der Waals surface area contributed by atoms with E-state index in [-0.39, 0.29) is 11.9 Å². The number of hydrogen-bond donors (Lipinski definition) is 0. The summed E-state index contributed by atoms with van der Waals surface area (Å²) in [5.74, 6) is 0. The SMILES string of the molecule is CCOC1COC(C)(C)CO1. The zero-order valence-corrected chi connectivity index (χ0v) is 7.42. The average molecular weight is 160 g/mol. The number of ether oxygens (including phenoxy) is 3. The summed E-state index contributed by atoms with van der Waals surface area (Å²) in [4.78, 5) is 0. The molecule has 11 heavy (non-hydrogen) atoms. The van der Waals surface area contributed by atoms with E-state index < -0.39 is 0 Å². The van der Waals surface area contributed by atoms with Gasteiger partial charge in [-0.3, -0.25) is 0 Å². The fourth-order valence-corrected chi connectivity index (χ4v) is 0.959. The Morgan fingerprint density at radius 3 is 2.73 bits per heavy atom. The summed E-state index contributed by atoms with van der Waals surface area (Å²) in [6.45, 7) is 7.79. The Morgan fingerprint density at radius 1 is 1.55 bits per heavy atom. The first-order valence-electron chi connectivity index (χ1n) is 4.01. The zero-order valence-electron chi connectivity index (χ0n) is 7.42. The van der Waals surface area contributed by atoms with Crippen molar-refractivity contribution in [2.24, 2.45) is 0 Å². The van der Waals surface area contributed by atoms with Gasteiger partial charge in [0.15, 0.2) is 6.29 Å². The summed E-state index contributed by atoms with van der Waals surface area (Å²) in [5, 5.41) is 0. The molecule has 0 aromatic rings. The van der Waals surface area contributed by atoms with Gasteiger partial charge in [0, 0.05) is 6.61 Å². The van der Waals surface area contributed by atoms with Gasteiger partial charge in [-0.15, -0.1) is 0 Å². The molecule has 1 saturated heterocycles. The molecule has 0 N–H and O–H groups in total. The minimum Gasteiger partial charge on any atom is -0.368 e. The van der Waals surface area contributed by atoms with E-state index in [9.17, 15) is 0 Å². The van der Waals surface area contributed by atoms with Crippen LogP contribution in [0.3, 0.4) is 0 Å². The lowest BCUT2D eigenvalue weighted by Crippen LogP contribution is -2.43. The van der Waals surface area contributed by atoms with Gasteiger partial charge < -0.3 is 14.2 Å². The molecule has 3 heteroatoms. The topological polar surface area (TPSA) is 27.7 Å². The molecule has 0 spiro atoms. The van der Waals surface area contributed by atoms with Crippen LogP contribution in [0.25, 0.3) is 0 Å². The Balaban J connectivity index is 2.25. The maximum atomic E-state index is 5.48. The van der Waals surface area contributed by atoms with Gasteiger partial charge in [0.05, 0.1) is 18.8 Å². The van der Waals surface area contributed by atoms with Crippen molar-refractivity contribution in [3.8, 4) is 0 Å². The van der Waals surface area contributed by atoms with E-state index in [0.29, 0.717) is 19.8 Å². The molecular weight excluding hydrogens is 144 g/mol. The van der Waals surface area contributed by atoms with E-state index in [1.807, 2.05) is 20.8 Å². The zero-order chi connectivity index (χ0) is 8.32. The molecule has 66 valence electrons. The Hall–Kier alpha value is -0.120. The van der Waals surface area contributed by atoms with Gasteiger partial charge >= 0.3 is 0 Å². The molecule has 1 unspecified atom stereocenters. The first kappa shape index (κ1) is 8.97. The molecule has 0 amide bonds. The van der Waals surface area contributed by atoms with Crippen LogP contribution in [0.2, 0.25) is 0 Å². The third-order valence-electron chi connectivity index (χ3n) is 1.58. The Kier molecular flexibility index (Phi) is 2.87. The van der Waals surface area contributed by atoms with Gasteiger partial charge in [0.1, 0.15) is 0 Å². The van der Waals surface area contributed by atoms with Crippen molar-refractivity contribution < 1.29 is 14.2 Å². The van der Waals surface area contributed by atoms with Gasteiger partial charge in [-0.2, -0.15) is 0 Å². The molecular formula is C8H16O3. The minimum absolute atomic E-state index is 0.145. The standard InChI is InChI=1S/C8H16O3/c1-4-9-7-5-11-8(2,3)6-10-7/h7H,4-6H2,1-3H3. The van der Waals surface area contributed by atoms with E-state index in [1.54, 1.807) is 0 Å². The van der Waals surface area contributed by atoms with Crippen LogP contribution < -0.4 is 0 Å². The Labute approximate surface area is 67.6 Å². The lowest BCUT2D eigenvalue weighted by Gasteiger charge is -2.34. The van der Waals surface area contributed by atoms with Crippen LogP contribution in [0.5, 0.6) is 0 Å². The second-order valence-corrected chi connectivity index (χ2v) is 3.27. The van der Waals surface area contributed by atoms with E-state index in [1.165, 1.54) is 0 Å². The third kappa shape index (κ3) is 2.77. The van der Waals surface area contributed by atoms with Crippen molar-refractivity contribution >= 4 is 0 Å². The van der Waals surface area contributed by atoms with Crippen molar-refractivity contribution in [2.45, 2.75) is 32.7 Å². The predicted octanol–water partition coefficient (Wildman–Crippen LogP) is 1.17. The van der Waals surface area contributed by atoms with E-state index in [2.05, 4.69) is 0 Å². The summed E-state index contributed by atoms with van der Waals surface area (Å²) in [6.07, 6.45) is -0.159. The Bertz CT molecular complexity index is 113. The molecule has 1 heterocycles. The van der Waals surface area contributed by atoms with Gasteiger partial charge in [-0.25, -0.2) is 0 Å². The van der Waals surface area contributed by atoms with Crippen LogP contribution in [0.4, 0.5) is 0 Å². The normalized spacial score (nSPS) is 30.3. The second kappa shape index (κ2) is 3.52. The van der Waals surface area contributed by atoms with Crippen LogP contribution in [0, 0.1) is 0 Å². The smallest absolute Gasteiger partial charge is 0.180 e. The molecule has 1 atom stereocenters. The van der Waals surface area contributed by atoms with Gasteiger partial charge in [-0.05, 0) is 20.8 Å². The molecule has 1 aliphatic rings. The fraction of sp³-hybridized carbons (Fsp3) is 1.00. The van der Waals surface area contributed by atoms with Crippen molar-refractivity contribution in [1.29, 1.82) is 0 Å². The quantitative estimate of drug-likeness (QED) is 0.607. The van der Waals surface area contributed by atoms with Crippen molar-refractivity contribution in [2.75, 3.05) is 19.8 Å². The van der Waals surface area contributed by atoms with E-state index in [4.69, 9.17) is 14.2 Å². The minimum atomic E-state index is -0.159. The molecule has 0 aromatic heterocycles. The number of hydrogen-bond acceptors (Lipinski definition) is 3. The molecule has 3 nitrogen and oxygen atoms in total. The van der Waals surface area contributed by atoms with E-state index >= 15 is 0 Å². The highest BCUT2D eigenvalue weighted by atomic mass is 16.7. The third-order valence-corrected chi connectivity index (χ3v) is 1.58. The molecule has 0 radical (unpaired) electrons. The van der Waals surface area contributed by atoms with Gasteiger partial charge in [0.2, 0.25) is 0 Å². The maximum absolute atomic E-state index is 5.48. The predicted molar refractivity (Wildman–Crippen MR) is 41.4 cm³/mol. The van der Waals surface area contributed by atoms with Crippen LogP contribution in [0.1, 0.15) is 20.8 Å². The summed E-state index contributed by atoms with van der Waals surface area (Å²) in [6, 6.07) is 0. The van der Waals surface area contributed by atoms with Crippen LogP contribution in [-0.4, -0.2) is 31.7 Å². The average Bonchev–Trinajstić information content (AvgIpc) is 1.94. The van der Waals surface area contributed by atoms with Crippen molar-refractivity contribution in [1.82, 2.24) is 0 Å². The fourth-order valence-electron chi connectivity index (χ4n) is 0.959. The van der Waals surface area contributed by atoms with Crippen LogP contribution in [0.15, 0.2) is 0 Å². The molecule has 0 aromatic carbocycles. The molecule has 0 aliphatic carbocycles. The Morgan fingerprint density at radius 2 is 2.27 bits per heavy atom. The number of rotatable bonds is 2. The highest BCUT2D eigenvalue weighted by molar-refractivity contribution is 4.71. The first-order valence-corrected chi connectivity index (χ1v) is 4.01. The maximum Gasteiger partial charge on any atom is 0.180 e. The first-order chi connectivity index (χ1) is 5.14. The lowest BCUT2D eigenvalue weighted by molar-refractivity contribution is -0.256. The largest absolute Gasteiger partial charge is 0.368 e. The van der Waals surface area contributed by atoms with Gasteiger partial charge in [-0.1, -0.05) is 0 Å². The summed E-state index contributed by atoms with van der Waals surface area (Å²) < 4.78 is 16.1. The van der Waals surface area contributed by atoms with Gasteiger partial charge in [0.25, 0.3) is 0 Å². The van der Waals surface area contributed by atoms with Crippen LogP contribution in [-0.2, 0) is 14.2 Å². The van der Waals surface area contributed by atoms with Crippen molar-refractivity contribution in [3.05, 3.63) is 0 Å². The van der Waals surface area contributed by atoms with E-state index in [0.717, 1.165) is 0 Å². The summed E-state index contributed by atoms with van der Waals surface area (Å²) in [7, 11) is 0. The molecule has 1 rings (SSSR count). The monoisotopic (exact) mass is 160 g/mol. The highest BCUT2D eigenvalue weighted by Crippen LogP contribution is 2.17. The molecule has 0 bridgehead atoms. The molecule has 0 saturated carbocycles. The molecule has 1 aliphatic heterocycles. The van der Waals surface area contributed by atoms with Crippen molar-refractivity contribution in [3.63, 3.8) is 0 Å². The lowest BCUT2D eigenvalue weighted by atomic mass is 10.1. The second-order valence-electron chi connectivity index (χ2n) is 3.27. The summed E-state index contributed by atoms with van der Waals surface area (Å²) >= 11 is 0. The molecule has 1 fully saturated rings.